The zero-order chi connectivity index (χ0) is 20.7. The number of carbonyl (C=O) groups excluding carboxylic acids is 2. The number of hydrogen-bond donors (Lipinski definition) is 2. The largest absolute Gasteiger partial charge is 0.325 e. The lowest BCUT2D eigenvalue weighted by atomic mass is 10.1. The molecule has 2 amide bonds. The molecule has 6 nitrogen and oxygen atoms in total. The number of amides is 2. The molecule has 0 saturated carbocycles. The molecular weight excluding hydrogens is 352 g/mol. The van der Waals surface area contributed by atoms with Crippen molar-refractivity contribution >= 4 is 23.2 Å². The molecule has 0 aliphatic rings. The molecule has 0 aliphatic carbocycles. The second kappa shape index (κ2) is 10.0. The van der Waals surface area contributed by atoms with Crippen molar-refractivity contribution in [1.29, 1.82) is 0 Å². The lowest BCUT2D eigenvalue weighted by molar-refractivity contribution is -0.117. The molecule has 0 spiro atoms. The van der Waals surface area contributed by atoms with Gasteiger partial charge in [0.1, 0.15) is 0 Å². The average Bonchev–Trinajstić information content (AvgIpc) is 2.59. The fourth-order valence-corrected chi connectivity index (χ4v) is 2.82. The van der Waals surface area contributed by atoms with Crippen molar-refractivity contribution in [2.45, 2.75) is 20.4 Å². The predicted octanol–water partition coefficient (Wildman–Crippen LogP) is 2.87. The van der Waals surface area contributed by atoms with Gasteiger partial charge < -0.3 is 15.5 Å². The van der Waals surface area contributed by atoms with Crippen LogP contribution in [0.1, 0.15) is 16.7 Å². The van der Waals surface area contributed by atoms with Crippen LogP contribution < -0.4 is 10.6 Å². The molecule has 0 atom stereocenters. The summed E-state index contributed by atoms with van der Waals surface area (Å²) in [6.07, 6.45) is 0. The number of aryl methyl sites for hydroxylation is 2. The maximum atomic E-state index is 12.4. The molecule has 0 saturated heterocycles. The zero-order valence-electron chi connectivity index (χ0n) is 17.4. The van der Waals surface area contributed by atoms with Crippen LogP contribution in [0.5, 0.6) is 0 Å². The van der Waals surface area contributed by atoms with Crippen molar-refractivity contribution in [1.82, 2.24) is 9.80 Å². The van der Waals surface area contributed by atoms with E-state index in [0.717, 1.165) is 5.56 Å². The standard InChI is InChI=1S/C22H30N4O2/c1-16-6-9-18(10-7-16)13-26(5)15-22(28)23-19-11-8-17(2)20(12-19)24-21(27)14-25(3)4/h6-12H,13-15H2,1-5H3,(H,23,28)(H,24,27). The number of benzene rings is 2. The van der Waals surface area contributed by atoms with Crippen molar-refractivity contribution < 1.29 is 9.59 Å². The topological polar surface area (TPSA) is 64.7 Å². The summed E-state index contributed by atoms with van der Waals surface area (Å²) in [5, 5.41) is 5.80. The van der Waals surface area contributed by atoms with E-state index in [2.05, 4.69) is 41.8 Å². The summed E-state index contributed by atoms with van der Waals surface area (Å²) >= 11 is 0. The molecule has 2 aromatic carbocycles. The molecule has 2 aromatic rings. The highest BCUT2D eigenvalue weighted by molar-refractivity contribution is 5.96. The van der Waals surface area contributed by atoms with Gasteiger partial charge in [0.15, 0.2) is 0 Å². The first-order valence-electron chi connectivity index (χ1n) is 9.32. The maximum absolute atomic E-state index is 12.4. The molecule has 2 rings (SSSR count). The van der Waals surface area contributed by atoms with E-state index in [1.165, 1.54) is 11.1 Å². The lowest BCUT2D eigenvalue weighted by Gasteiger charge is -2.17. The minimum atomic E-state index is -0.0935. The van der Waals surface area contributed by atoms with Gasteiger partial charge in [-0.2, -0.15) is 0 Å². The van der Waals surface area contributed by atoms with E-state index in [1.807, 2.05) is 45.1 Å². The van der Waals surface area contributed by atoms with Crippen LogP contribution >= 0.6 is 0 Å². The summed E-state index contributed by atoms with van der Waals surface area (Å²) < 4.78 is 0. The first-order valence-corrected chi connectivity index (χ1v) is 9.32. The van der Waals surface area contributed by atoms with Crippen LogP contribution in [0.4, 0.5) is 11.4 Å². The van der Waals surface area contributed by atoms with Gasteiger partial charge in [-0.3, -0.25) is 14.5 Å². The van der Waals surface area contributed by atoms with Crippen LogP contribution in [0.25, 0.3) is 0 Å². The molecule has 0 radical (unpaired) electrons. The SMILES string of the molecule is Cc1ccc(CN(C)CC(=O)Nc2ccc(C)c(NC(=O)CN(C)C)c2)cc1. The predicted molar refractivity (Wildman–Crippen MR) is 115 cm³/mol. The summed E-state index contributed by atoms with van der Waals surface area (Å²) in [4.78, 5) is 28.2. The second-order valence-electron chi connectivity index (χ2n) is 7.52. The van der Waals surface area contributed by atoms with Gasteiger partial charge in [-0.05, 0) is 58.3 Å². The Hall–Kier alpha value is -2.70. The Morgan fingerprint density at radius 1 is 0.857 bits per heavy atom. The van der Waals surface area contributed by atoms with Gasteiger partial charge in [-0.1, -0.05) is 35.9 Å². The molecule has 0 aliphatic heterocycles. The first kappa shape index (κ1) is 21.6. The minimum Gasteiger partial charge on any atom is -0.325 e. The number of carbonyl (C=O) groups is 2. The highest BCUT2D eigenvalue weighted by Gasteiger charge is 2.10. The van der Waals surface area contributed by atoms with E-state index in [1.54, 1.807) is 11.0 Å². The van der Waals surface area contributed by atoms with E-state index in [-0.39, 0.29) is 18.4 Å². The molecule has 6 heteroatoms. The van der Waals surface area contributed by atoms with Crippen LogP contribution in [0.2, 0.25) is 0 Å². The van der Waals surface area contributed by atoms with Gasteiger partial charge in [0.2, 0.25) is 11.8 Å². The summed E-state index contributed by atoms with van der Waals surface area (Å²) in [6.45, 7) is 5.27. The smallest absolute Gasteiger partial charge is 0.238 e. The summed E-state index contributed by atoms with van der Waals surface area (Å²) in [5.74, 6) is -0.182. The van der Waals surface area contributed by atoms with E-state index < -0.39 is 0 Å². The Morgan fingerprint density at radius 2 is 1.50 bits per heavy atom. The molecule has 0 fully saturated rings. The van der Waals surface area contributed by atoms with Gasteiger partial charge in [0.25, 0.3) is 0 Å². The van der Waals surface area contributed by atoms with Gasteiger partial charge >= 0.3 is 0 Å². The van der Waals surface area contributed by atoms with Crippen molar-refractivity contribution in [3.8, 4) is 0 Å². The number of hydrogen-bond acceptors (Lipinski definition) is 4. The monoisotopic (exact) mass is 382 g/mol. The number of nitrogens with zero attached hydrogens (tertiary/aromatic N) is 2. The Kier molecular flexibility index (Phi) is 7.72. The number of nitrogens with one attached hydrogen (secondary N) is 2. The molecule has 2 N–H and O–H groups in total. The van der Waals surface area contributed by atoms with Crippen LogP contribution in [0.3, 0.4) is 0 Å². The van der Waals surface area contributed by atoms with Gasteiger partial charge in [0, 0.05) is 17.9 Å². The van der Waals surface area contributed by atoms with Crippen LogP contribution in [0, 0.1) is 13.8 Å². The van der Waals surface area contributed by atoms with E-state index in [9.17, 15) is 9.59 Å². The zero-order valence-corrected chi connectivity index (χ0v) is 17.4. The van der Waals surface area contributed by atoms with Gasteiger partial charge in [-0.15, -0.1) is 0 Å². The van der Waals surface area contributed by atoms with E-state index >= 15 is 0 Å². The maximum Gasteiger partial charge on any atom is 0.238 e. The second-order valence-corrected chi connectivity index (χ2v) is 7.52. The molecule has 28 heavy (non-hydrogen) atoms. The van der Waals surface area contributed by atoms with Gasteiger partial charge in [-0.25, -0.2) is 0 Å². The Morgan fingerprint density at radius 3 is 2.14 bits per heavy atom. The molecule has 0 aromatic heterocycles. The fourth-order valence-electron chi connectivity index (χ4n) is 2.82. The van der Waals surface area contributed by atoms with Crippen molar-refractivity contribution in [2.24, 2.45) is 0 Å². The molecule has 150 valence electrons. The molecule has 0 bridgehead atoms. The normalized spacial score (nSPS) is 11.0. The summed E-state index contributed by atoms with van der Waals surface area (Å²) in [5.41, 5.74) is 4.71. The molecule has 0 unspecified atom stereocenters. The van der Waals surface area contributed by atoms with E-state index in [4.69, 9.17) is 0 Å². The third-order valence-electron chi connectivity index (χ3n) is 4.24. The Labute approximate surface area is 167 Å². The van der Waals surface area contributed by atoms with Crippen molar-refractivity contribution in [3.05, 3.63) is 59.2 Å². The van der Waals surface area contributed by atoms with Crippen LogP contribution in [0.15, 0.2) is 42.5 Å². The third kappa shape index (κ3) is 7.13. The Bertz CT molecular complexity index is 816. The fraction of sp³-hybridized carbons (Fsp3) is 0.364. The van der Waals surface area contributed by atoms with Crippen LogP contribution in [-0.4, -0.2) is 55.8 Å². The summed E-state index contributed by atoms with van der Waals surface area (Å²) in [7, 11) is 5.61. The number of likely N-dealkylation sites (N-methyl/N-ethyl adjacent to an activating group) is 2. The first-order chi connectivity index (χ1) is 13.2. The quantitative estimate of drug-likeness (QED) is 0.737. The molecule has 0 heterocycles. The lowest BCUT2D eigenvalue weighted by Crippen LogP contribution is -2.30. The molecular formula is C22H30N4O2. The summed E-state index contributed by atoms with van der Waals surface area (Å²) in [6, 6.07) is 13.8. The van der Waals surface area contributed by atoms with Gasteiger partial charge in [0.05, 0.1) is 13.1 Å². The minimum absolute atomic E-state index is 0.0885. The highest BCUT2D eigenvalue weighted by atomic mass is 16.2. The average molecular weight is 383 g/mol. The Balaban J connectivity index is 1.92. The number of rotatable bonds is 8. The van der Waals surface area contributed by atoms with Crippen molar-refractivity contribution in [3.63, 3.8) is 0 Å². The third-order valence-corrected chi connectivity index (χ3v) is 4.24. The van der Waals surface area contributed by atoms with Crippen LogP contribution in [-0.2, 0) is 16.1 Å². The number of anilines is 2. The highest BCUT2D eigenvalue weighted by Crippen LogP contribution is 2.20. The van der Waals surface area contributed by atoms with E-state index in [0.29, 0.717) is 24.5 Å². The van der Waals surface area contributed by atoms with Crippen molar-refractivity contribution in [2.75, 3.05) is 44.9 Å².